The van der Waals surface area contributed by atoms with Crippen molar-refractivity contribution in [2.45, 2.75) is 25.1 Å². The smallest absolute Gasteiger partial charge is 0.242 e. The van der Waals surface area contributed by atoms with E-state index in [0.29, 0.717) is 5.17 Å². The summed E-state index contributed by atoms with van der Waals surface area (Å²) in [6, 6.07) is -0.0488. The number of amidine groups is 1. The van der Waals surface area contributed by atoms with Gasteiger partial charge in [-0.25, -0.2) is 0 Å². The van der Waals surface area contributed by atoms with E-state index in [0.717, 1.165) is 0 Å². The Morgan fingerprint density at radius 1 is 1.79 bits per heavy atom. The molecule has 0 aliphatic carbocycles. The molecular weight excluding hydrogens is 222 g/mol. The van der Waals surface area contributed by atoms with Crippen LogP contribution in [0.1, 0.15) is 13.8 Å². The quantitative estimate of drug-likeness (QED) is 0.444. The summed E-state index contributed by atoms with van der Waals surface area (Å²) in [6.07, 6.45) is 1.70. The lowest BCUT2D eigenvalue weighted by molar-refractivity contribution is -0.126. The molecule has 0 aromatic rings. The van der Waals surface area contributed by atoms with Gasteiger partial charge in [-0.1, -0.05) is 17.8 Å². The summed E-state index contributed by atoms with van der Waals surface area (Å²) < 4.78 is 0. The zero-order valence-corrected chi connectivity index (χ0v) is 9.77. The number of hydrazone groups is 1. The molecule has 0 saturated carbocycles. The highest BCUT2D eigenvalue weighted by Crippen LogP contribution is 2.28. The SMILES string of the molecule is C=CC(C)N1C(=O)C(C)S/C1=N\N.Cl. The molecule has 4 nitrogen and oxygen atoms in total. The van der Waals surface area contributed by atoms with Gasteiger partial charge in [-0.15, -0.1) is 19.0 Å². The fraction of sp³-hybridized carbons (Fsp3) is 0.500. The summed E-state index contributed by atoms with van der Waals surface area (Å²) in [4.78, 5) is 13.2. The van der Waals surface area contributed by atoms with Gasteiger partial charge in [0.1, 0.15) is 0 Å². The highest BCUT2D eigenvalue weighted by atomic mass is 35.5. The third kappa shape index (κ3) is 2.22. The molecule has 2 atom stereocenters. The van der Waals surface area contributed by atoms with Gasteiger partial charge >= 0.3 is 0 Å². The zero-order chi connectivity index (χ0) is 10.0. The van der Waals surface area contributed by atoms with Crippen LogP contribution in [0.2, 0.25) is 0 Å². The van der Waals surface area contributed by atoms with Crippen LogP contribution in [-0.4, -0.2) is 27.3 Å². The van der Waals surface area contributed by atoms with Crippen molar-refractivity contribution in [2.24, 2.45) is 10.9 Å². The standard InChI is InChI=1S/C8H13N3OS.ClH/c1-4-5(2)11-7(12)6(3)13-8(11)10-9;/h4-6H,1,9H2,2-3H3;1H/b10-8-;. The second-order valence-electron chi connectivity index (χ2n) is 2.86. The van der Waals surface area contributed by atoms with Gasteiger partial charge in [0.15, 0.2) is 5.17 Å². The molecule has 1 aliphatic rings. The van der Waals surface area contributed by atoms with Crippen molar-refractivity contribution in [1.29, 1.82) is 0 Å². The highest BCUT2D eigenvalue weighted by molar-refractivity contribution is 8.15. The maximum absolute atomic E-state index is 11.6. The summed E-state index contributed by atoms with van der Waals surface area (Å²) in [6.45, 7) is 7.36. The third-order valence-corrected chi connectivity index (χ3v) is 3.00. The van der Waals surface area contributed by atoms with Crippen LogP contribution in [0, 0.1) is 0 Å². The Balaban J connectivity index is 0.00000169. The molecule has 1 rings (SSSR count). The molecule has 0 radical (unpaired) electrons. The molecule has 1 heterocycles. The number of halogens is 1. The number of nitrogens with two attached hydrogens (primary N) is 1. The fourth-order valence-electron chi connectivity index (χ4n) is 1.13. The van der Waals surface area contributed by atoms with E-state index in [1.807, 2.05) is 13.8 Å². The number of hydrogen-bond acceptors (Lipinski definition) is 4. The molecule has 0 aromatic heterocycles. The Morgan fingerprint density at radius 2 is 2.36 bits per heavy atom. The first kappa shape index (κ1) is 13.3. The third-order valence-electron chi connectivity index (χ3n) is 1.93. The van der Waals surface area contributed by atoms with Gasteiger partial charge in [-0.2, -0.15) is 5.10 Å². The summed E-state index contributed by atoms with van der Waals surface area (Å²) in [5.41, 5.74) is 0. The Labute approximate surface area is 94.0 Å². The molecule has 14 heavy (non-hydrogen) atoms. The van der Waals surface area contributed by atoms with Gasteiger partial charge in [0.2, 0.25) is 5.91 Å². The fourth-order valence-corrected chi connectivity index (χ4v) is 2.09. The van der Waals surface area contributed by atoms with Gasteiger partial charge in [0.25, 0.3) is 0 Å². The maximum Gasteiger partial charge on any atom is 0.242 e. The van der Waals surface area contributed by atoms with Crippen LogP contribution in [0.5, 0.6) is 0 Å². The maximum atomic E-state index is 11.6. The average molecular weight is 236 g/mol. The molecule has 0 aromatic carbocycles. The molecule has 2 N–H and O–H groups in total. The first-order valence-electron chi connectivity index (χ1n) is 4.02. The van der Waals surface area contributed by atoms with Crippen molar-refractivity contribution in [3.63, 3.8) is 0 Å². The van der Waals surface area contributed by atoms with Gasteiger partial charge < -0.3 is 5.84 Å². The lowest BCUT2D eigenvalue weighted by Gasteiger charge is -2.20. The molecule has 6 heteroatoms. The summed E-state index contributed by atoms with van der Waals surface area (Å²) in [7, 11) is 0. The van der Waals surface area contributed by atoms with Crippen LogP contribution in [0.15, 0.2) is 17.8 Å². The molecule has 2 unspecified atom stereocenters. The molecule has 1 amide bonds. The molecular formula is C8H14ClN3OS. The van der Waals surface area contributed by atoms with Crippen molar-refractivity contribution in [1.82, 2.24) is 4.90 Å². The second-order valence-corrected chi connectivity index (χ2v) is 4.16. The average Bonchev–Trinajstić information content (AvgIpc) is 2.42. The molecule has 0 bridgehead atoms. The van der Waals surface area contributed by atoms with E-state index in [-0.39, 0.29) is 29.6 Å². The van der Waals surface area contributed by atoms with Gasteiger partial charge in [-0.05, 0) is 13.8 Å². The van der Waals surface area contributed by atoms with E-state index in [1.54, 1.807) is 11.0 Å². The van der Waals surface area contributed by atoms with E-state index in [9.17, 15) is 4.79 Å². The zero-order valence-electron chi connectivity index (χ0n) is 8.14. The van der Waals surface area contributed by atoms with E-state index in [2.05, 4.69) is 11.7 Å². The first-order chi connectivity index (χ1) is 6.11. The minimum Gasteiger partial charge on any atom is -0.321 e. The summed E-state index contributed by atoms with van der Waals surface area (Å²) in [5.74, 6) is 5.22. The van der Waals surface area contributed by atoms with Crippen LogP contribution < -0.4 is 5.84 Å². The summed E-state index contributed by atoms with van der Waals surface area (Å²) in [5, 5.41) is 4.06. The van der Waals surface area contributed by atoms with Gasteiger partial charge in [0.05, 0.1) is 11.3 Å². The van der Waals surface area contributed by atoms with Crippen LogP contribution in [0.3, 0.4) is 0 Å². The number of carbonyl (C=O) groups excluding carboxylic acids is 1. The highest BCUT2D eigenvalue weighted by Gasteiger charge is 2.36. The minimum absolute atomic E-state index is 0. The van der Waals surface area contributed by atoms with Crippen molar-refractivity contribution in [2.75, 3.05) is 0 Å². The Hall–Kier alpha value is -0.680. The van der Waals surface area contributed by atoms with Gasteiger partial charge in [-0.3, -0.25) is 9.69 Å². The van der Waals surface area contributed by atoms with E-state index in [1.165, 1.54) is 11.8 Å². The van der Waals surface area contributed by atoms with E-state index in [4.69, 9.17) is 5.84 Å². The number of carbonyl (C=O) groups is 1. The predicted octanol–water partition coefficient (Wildman–Crippen LogP) is 1.18. The lowest BCUT2D eigenvalue weighted by atomic mass is 10.3. The number of hydrogen-bond donors (Lipinski definition) is 1. The molecule has 0 spiro atoms. The second kappa shape index (κ2) is 5.26. The van der Waals surface area contributed by atoms with Crippen LogP contribution >= 0.6 is 24.2 Å². The van der Waals surface area contributed by atoms with Crippen LogP contribution in [0.25, 0.3) is 0 Å². The molecule has 1 aliphatic heterocycles. The van der Waals surface area contributed by atoms with Gasteiger partial charge in [0, 0.05) is 0 Å². The van der Waals surface area contributed by atoms with Crippen LogP contribution in [-0.2, 0) is 4.79 Å². The lowest BCUT2D eigenvalue weighted by Crippen LogP contribution is -2.38. The van der Waals surface area contributed by atoms with Crippen molar-refractivity contribution >= 4 is 35.2 Å². The topological polar surface area (TPSA) is 58.7 Å². The summed E-state index contributed by atoms with van der Waals surface area (Å²) >= 11 is 1.38. The first-order valence-corrected chi connectivity index (χ1v) is 4.90. The molecule has 1 fully saturated rings. The largest absolute Gasteiger partial charge is 0.321 e. The number of amides is 1. The molecule has 80 valence electrons. The predicted molar refractivity (Wildman–Crippen MR) is 62.4 cm³/mol. The number of thioether (sulfide) groups is 1. The van der Waals surface area contributed by atoms with Crippen molar-refractivity contribution in [3.05, 3.63) is 12.7 Å². The van der Waals surface area contributed by atoms with E-state index < -0.39 is 0 Å². The van der Waals surface area contributed by atoms with Crippen molar-refractivity contribution < 1.29 is 4.79 Å². The molecule has 1 saturated heterocycles. The van der Waals surface area contributed by atoms with E-state index >= 15 is 0 Å². The Morgan fingerprint density at radius 3 is 2.79 bits per heavy atom. The monoisotopic (exact) mass is 235 g/mol. The minimum atomic E-state index is -0.0929. The normalized spacial score (nSPS) is 26.1. The Kier molecular flexibility index (Phi) is 5.01. The number of rotatable bonds is 2. The van der Waals surface area contributed by atoms with Crippen molar-refractivity contribution in [3.8, 4) is 0 Å². The number of nitrogens with zero attached hydrogens (tertiary/aromatic N) is 2. The Bertz CT molecular complexity index is 269. The van der Waals surface area contributed by atoms with Crippen LogP contribution in [0.4, 0.5) is 0 Å².